The second-order valence-corrected chi connectivity index (χ2v) is 6.74. The Bertz CT molecular complexity index is 925. The van der Waals surface area contributed by atoms with E-state index in [4.69, 9.17) is 0 Å². The SMILES string of the molecule is CCN(CCNC(=NC)NCc1ccnc(-n2cccn2)c1)c1cccc(C)c1.I. The number of hydrogen-bond acceptors (Lipinski definition) is 4. The molecule has 3 rings (SSSR count). The first-order valence-electron chi connectivity index (χ1n) is 9.90. The number of aliphatic imine (C=N–C) groups is 1. The van der Waals surface area contributed by atoms with E-state index in [1.54, 1.807) is 24.1 Å². The molecule has 0 aliphatic rings. The van der Waals surface area contributed by atoms with Crippen molar-refractivity contribution in [2.45, 2.75) is 20.4 Å². The molecule has 160 valence electrons. The van der Waals surface area contributed by atoms with Crippen LogP contribution in [0.4, 0.5) is 5.69 Å². The number of aromatic nitrogens is 3. The number of benzene rings is 1. The predicted octanol–water partition coefficient (Wildman–Crippen LogP) is 3.39. The quantitative estimate of drug-likeness (QED) is 0.271. The lowest BCUT2D eigenvalue weighted by Gasteiger charge is -2.24. The molecule has 2 N–H and O–H groups in total. The Hall–Kier alpha value is -2.62. The van der Waals surface area contributed by atoms with E-state index in [-0.39, 0.29) is 24.0 Å². The fourth-order valence-corrected chi connectivity index (χ4v) is 3.11. The normalized spacial score (nSPS) is 11.0. The lowest BCUT2D eigenvalue weighted by molar-refractivity contribution is 0.749. The number of likely N-dealkylation sites (N-methyl/N-ethyl adjacent to an activating group) is 1. The fourth-order valence-electron chi connectivity index (χ4n) is 3.11. The number of pyridine rings is 1. The third-order valence-corrected chi connectivity index (χ3v) is 4.66. The molecule has 0 spiro atoms. The molecule has 0 saturated carbocycles. The number of nitrogens with zero attached hydrogens (tertiary/aromatic N) is 5. The molecule has 0 saturated heterocycles. The van der Waals surface area contributed by atoms with Gasteiger partial charge in [-0.05, 0) is 55.3 Å². The summed E-state index contributed by atoms with van der Waals surface area (Å²) in [5.74, 6) is 1.58. The third kappa shape index (κ3) is 6.72. The van der Waals surface area contributed by atoms with Crippen molar-refractivity contribution >= 4 is 35.6 Å². The molecule has 0 unspecified atom stereocenters. The van der Waals surface area contributed by atoms with Crippen molar-refractivity contribution < 1.29 is 0 Å². The lowest BCUT2D eigenvalue weighted by Crippen LogP contribution is -2.41. The number of anilines is 1. The molecule has 0 fully saturated rings. The summed E-state index contributed by atoms with van der Waals surface area (Å²) in [5, 5.41) is 11.0. The molecule has 7 nitrogen and oxygen atoms in total. The highest BCUT2D eigenvalue weighted by Gasteiger charge is 2.06. The highest BCUT2D eigenvalue weighted by Crippen LogP contribution is 2.15. The van der Waals surface area contributed by atoms with Gasteiger partial charge in [-0.3, -0.25) is 4.99 Å². The second-order valence-electron chi connectivity index (χ2n) is 6.74. The number of hydrogen-bond donors (Lipinski definition) is 2. The Kier molecular flexibility index (Phi) is 9.59. The standard InChI is InChI=1S/C22H29N7.HI/c1-4-28(20-8-5-7-18(2)15-20)14-12-25-22(23-3)26-17-19-9-11-24-21(16-19)29-13-6-10-27-29;/h5-11,13,15-16H,4,12,14,17H2,1-3H3,(H2,23,25,26);1H. The predicted molar refractivity (Wildman–Crippen MR) is 134 cm³/mol. The van der Waals surface area contributed by atoms with Crippen molar-refractivity contribution in [2.24, 2.45) is 4.99 Å². The average molecular weight is 519 g/mol. The highest BCUT2D eigenvalue weighted by atomic mass is 127. The number of aryl methyl sites for hydroxylation is 1. The number of rotatable bonds is 8. The van der Waals surface area contributed by atoms with Gasteiger partial charge in [-0.2, -0.15) is 5.10 Å². The van der Waals surface area contributed by atoms with Crippen LogP contribution >= 0.6 is 24.0 Å². The maximum Gasteiger partial charge on any atom is 0.191 e. The topological polar surface area (TPSA) is 70.4 Å². The van der Waals surface area contributed by atoms with E-state index >= 15 is 0 Å². The van der Waals surface area contributed by atoms with Crippen molar-refractivity contribution in [1.29, 1.82) is 0 Å². The van der Waals surface area contributed by atoms with E-state index < -0.39 is 0 Å². The van der Waals surface area contributed by atoms with Crippen LogP contribution in [0.25, 0.3) is 5.82 Å². The van der Waals surface area contributed by atoms with E-state index in [1.807, 2.05) is 24.4 Å². The number of guanidine groups is 1. The molecule has 0 amide bonds. The summed E-state index contributed by atoms with van der Waals surface area (Å²) in [6.45, 7) is 7.63. The van der Waals surface area contributed by atoms with Gasteiger partial charge >= 0.3 is 0 Å². The summed E-state index contributed by atoms with van der Waals surface area (Å²) in [7, 11) is 1.79. The molecule has 0 atom stereocenters. The molecule has 0 aliphatic heterocycles. The highest BCUT2D eigenvalue weighted by molar-refractivity contribution is 14.0. The van der Waals surface area contributed by atoms with Crippen LogP contribution in [-0.2, 0) is 6.54 Å². The summed E-state index contributed by atoms with van der Waals surface area (Å²) in [4.78, 5) is 11.0. The summed E-state index contributed by atoms with van der Waals surface area (Å²) < 4.78 is 1.75. The van der Waals surface area contributed by atoms with E-state index in [0.717, 1.165) is 37.0 Å². The molecule has 2 heterocycles. The van der Waals surface area contributed by atoms with Crippen LogP contribution in [0.5, 0.6) is 0 Å². The summed E-state index contributed by atoms with van der Waals surface area (Å²) in [6.07, 6.45) is 5.42. The Morgan fingerprint density at radius 2 is 2.00 bits per heavy atom. The van der Waals surface area contributed by atoms with Gasteiger partial charge in [0.2, 0.25) is 0 Å². The van der Waals surface area contributed by atoms with Crippen molar-refractivity contribution in [2.75, 3.05) is 31.6 Å². The summed E-state index contributed by atoms with van der Waals surface area (Å²) in [5.41, 5.74) is 3.64. The summed E-state index contributed by atoms with van der Waals surface area (Å²) in [6, 6.07) is 14.5. The maximum atomic E-state index is 4.36. The maximum absolute atomic E-state index is 4.36. The first-order chi connectivity index (χ1) is 14.2. The van der Waals surface area contributed by atoms with Gasteiger partial charge in [0.15, 0.2) is 11.8 Å². The van der Waals surface area contributed by atoms with Crippen LogP contribution in [0.3, 0.4) is 0 Å². The van der Waals surface area contributed by atoms with E-state index in [0.29, 0.717) is 6.54 Å². The molecular formula is C22H30IN7. The van der Waals surface area contributed by atoms with Crippen LogP contribution in [0.1, 0.15) is 18.1 Å². The molecule has 2 aromatic heterocycles. The average Bonchev–Trinajstić information content (AvgIpc) is 3.28. The van der Waals surface area contributed by atoms with Crippen molar-refractivity contribution in [1.82, 2.24) is 25.4 Å². The Labute approximate surface area is 195 Å². The van der Waals surface area contributed by atoms with Gasteiger partial charge in [0.1, 0.15) is 0 Å². The molecule has 8 heteroatoms. The monoisotopic (exact) mass is 519 g/mol. The summed E-state index contributed by atoms with van der Waals surface area (Å²) >= 11 is 0. The third-order valence-electron chi connectivity index (χ3n) is 4.66. The minimum absolute atomic E-state index is 0. The zero-order valence-electron chi connectivity index (χ0n) is 17.7. The molecule has 0 aliphatic carbocycles. The van der Waals surface area contributed by atoms with Crippen LogP contribution in [-0.4, -0.2) is 47.4 Å². The molecule has 1 aromatic carbocycles. The Morgan fingerprint density at radius 1 is 1.13 bits per heavy atom. The molecular weight excluding hydrogens is 489 g/mol. The second kappa shape index (κ2) is 12.2. The van der Waals surface area contributed by atoms with Gasteiger partial charge < -0.3 is 15.5 Å². The molecule has 0 bridgehead atoms. The van der Waals surface area contributed by atoms with Gasteiger partial charge in [-0.1, -0.05) is 12.1 Å². The van der Waals surface area contributed by atoms with Gasteiger partial charge in [-0.15, -0.1) is 24.0 Å². The van der Waals surface area contributed by atoms with Crippen molar-refractivity contribution in [3.8, 4) is 5.82 Å². The smallest absolute Gasteiger partial charge is 0.191 e. The van der Waals surface area contributed by atoms with Crippen LogP contribution < -0.4 is 15.5 Å². The van der Waals surface area contributed by atoms with Crippen LogP contribution in [0.2, 0.25) is 0 Å². The Morgan fingerprint density at radius 3 is 2.70 bits per heavy atom. The first kappa shape index (κ1) is 23.7. The van der Waals surface area contributed by atoms with Gasteiger partial charge in [0, 0.05) is 57.5 Å². The number of halogens is 1. The van der Waals surface area contributed by atoms with Gasteiger partial charge in [0.05, 0.1) is 0 Å². The van der Waals surface area contributed by atoms with E-state index in [2.05, 4.69) is 68.7 Å². The van der Waals surface area contributed by atoms with Crippen LogP contribution in [0, 0.1) is 6.92 Å². The van der Waals surface area contributed by atoms with Crippen molar-refractivity contribution in [3.63, 3.8) is 0 Å². The molecule has 30 heavy (non-hydrogen) atoms. The van der Waals surface area contributed by atoms with Gasteiger partial charge in [-0.25, -0.2) is 9.67 Å². The Balaban J connectivity index is 0.00000320. The van der Waals surface area contributed by atoms with Gasteiger partial charge in [0.25, 0.3) is 0 Å². The van der Waals surface area contributed by atoms with Crippen LogP contribution in [0.15, 0.2) is 66.0 Å². The largest absolute Gasteiger partial charge is 0.370 e. The van der Waals surface area contributed by atoms with Crippen molar-refractivity contribution in [3.05, 3.63) is 72.2 Å². The first-order valence-corrected chi connectivity index (χ1v) is 9.90. The zero-order valence-corrected chi connectivity index (χ0v) is 20.1. The van der Waals surface area contributed by atoms with E-state index in [9.17, 15) is 0 Å². The minimum atomic E-state index is 0. The molecule has 3 aromatic rings. The lowest BCUT2D eigenvalue weighted by atomic mass is 10.2. The molecule has 0 radical (unpaired) electrons. The fraction of sp³-hybridized carbons (Fsp3) is 0.318. The minimum Gasteiger partial charge on any atom is -0.370 e. The zero-order chi connectivity index (χ0) is 20.5. The number of nitrogens with one attached hydrogen (secondary N) is 2. The van der Waals surface area contributed by atoms with E-state index in [1.165, 1.54) is 11.3 Å².